The lowest BCUT2D eigenvalue weighted by Crippen LogP contribution is -2.01. The molecule has 46 heavy (non-hydrogen) atoms. The molecule has 0 saturated carbocycles. The summed E-state index contributed by atoms with van der Waals surface area (Å²) in [7, 11) is 0. The molecule has 6 rings (SSSR count). The van der Waals surface area contributed by atoms with E-state index in [4.69, 9.17) is 0 Å². The third kappa shape index (κ3) is 9.92. The van der Waals surface area contributed by atoms with Crippen molar-refractivity contribution >= 4 is 16.8 Å². The molecule has 0 aliphatic heterocycles. The lowest BCUT2D eigenvalue weighted by molar-refractivity contribution is 0.974. The van der Waals surface area contributed by atoms with Crippen molar-refractivity contribution in [2.24, 2.45) is 0 Å². The average molecular weight is 607 g/mol. The molecule has 9 nitrogen and oxygen atoms in total. The van der Waals surface area contributed by atoms with E-state index in [0.29, 0.717) is 23.3 Å². The van der Waals surface area contributed by atoms with Crippen LogP contribution in [0.5, 0.6) is 0 Å². The van der Waals surface area contributed by atoms with E-state index in [1.165, 1.54) is 0 Å². The van der Waals surface area contributed by atoms with Crippen LogP contribution >= 0.6 is 0 Å². The van der Waals surface area contributed by atoms with Crippen molar-refractivity contribution in [2.75, 3.05) is 0 Å². The zero-order valence-electron chi connectivity index (χ0n) is 25.7. The summed E-state index contributed by atoms with van der Waals surface area (Å²) < 4.78 is 0. The van der Waals surface area contributed by atoms with Gasteiger partial charge in [0.25, 0.3) is 0 Å². The lowest BCUT2D eigenvalue weighted by atomic mass is 10.2. The molecule has 0 aliphatic carbocycles. The second kappa shape index (κ2) is 17.3. The Morgan fingerprint density at radius 3 is 1.11 bits per heavy atom. The first-order chi connectivity index (χ1) is 20.2. The second-order valence-electron chi connectivity index (χ2n) is 10.1. The molecule has 6 heterocycles. The van der Waals surface area contributed by atoms with Crippen molar-refractivity contribution in [1.82, 2.24) is 44.9 Å². The number of pyridine rings is 4. The van der Waals surface area contributed by atoms with Gasteiger partial charge in [-0.05, 0) is 118 Å². The van der Waals surface area contributed by atoms with Gasteiger partial charge in [-0.1, -0.05) is 14.9 Å². The minimum Gasteiger partial charge on any atom is -0.255 e. The lowest BCUT2D eigenvalue weighted by Gasteiger charge is -2.06. The number of rotatable bonds is 4. The maximum atomic E-state index is 4.62. The van der Waals surface area contributed by atoms with Gasteiger partial charge < -0.3 is 0 Å². The fourth-order valence-electron chi connectivity index (χ4n) is 4.18. The molecule has 0 saturated heterocycles. The van der Waals surface area contributed by atoms with Gasteiger partial charge >= 0.3 is 0 Å². The number of nitrogens with zero attached hydrogens (tertiary/aromatic N) is 9. The largest absolute Gasteiger partial charge is 0.255 e. The molecule has 0 aromatic carbocycles. The minimum absolute atomic E-state index is 0. The summed E-state index contributed by atoms with van der Waals surface area (Å²) in [6, 6.07) is 17.7. The highest BCUT2D eigenvalue weighted by molar-refractivity contribution is 5.76. The predicted molar refractivity (Wildman–Crippen MR) is 188 cm³/mol. The summed E-state index contributed by atoms with van der Waals surface area (Å²) in [4.78, 5) is 39.8. The maximum Gasteiger partial charge on any atom is 0.182 e. The summed E-state index contributed by atoms with van der Waals surface area (Å²) in [5.41, 5.74) is 9.39. The zero-order chi connectivity index (χ0) is 29.6. The molecular formula is C35H39B2N9. The van der Waals surface area contributed by atoms with Crippen LogP contribution in [0.15, 0.2) is 79.4 Å². The normalized spacial score (nSPS) is 9.70. The highest BCUT2D eigenvalue weighted by Gasteiger charge is 2.11. The van der Waals surface area contributed by atoms with E-state index in [1.807, 2.05) is 96.1 Å². The molecule has 0 bridgehead atoms. The Labute approximate surface area is 276 Å². The Morgan fingerprint density at radius 1 is 0.370 bits per heavy atom. The van der Waals surface area contributed by atoms with Crippen LogP contribution in [0.1, 0.15) is 48.6 Å². The average Bonchev–Trinajstić information content (AvgIpc) is 2.97. The van der Waals surface area contributed by atoms with Gasteiger partial charge in [0.1, 0.15) is 22.9 Å². The van der Waals surface area contributed by atoms with Crippen LogP contribution in [0.2, 0.25) is 0 Å². The van der Waals surface area contributed by atoms with Gasteiger partial charge in [0.15, 0.2) is 17.5 Å². The molecule has 230 valence electrons. The van der Waals surface area contributed by atoms with Crippen LogP contribution in [0.25, 0.3) is 45.9 Å². The van der Waals surface area contributed by atoms with Crippen molar-refractivity contribution in [1.29, 1.82) is 0 Å². The molecule has 0 spiro atoms. The number of hydrogen-bond donors (Lipinski definition) is 0. The molecule has 0 amide bonds. The number of aryl methyl sites for hydroxylation is 6. The van der Waals surface area contributed by atoms with Gasteiger partial charge in [0.05, 0.1) is 11.4 Å². The van der Waals surface area contributed by atoms with Crippen molar-refractivity contribution in [3.8, 4) is 45.9 Å². The Hall–Kier alpha value is -5.18. The molecule has 0 aliphatic rings. The monoisotopic (exact) mass is 607 g/mol. The quantitative estimate of drug-likeness (QED) is 0.196. The van der Waals surface area contributed by atoms with Crippen LogP contribution in [-0.4, -0.2) is 61.7 Å². The van der Waals surface area contributed by atoms with E-state index in [2.05, 4.69) is 44.9 Å². The van der Waals surface area contributed by atoms with Gasteiger partial charge in [-0.15, -0.1) is 0 Å². The first-order valence-electron chi connectivity index (χ1n) is 13.5. The first-order valence-corrected chi connectivity index (χ1v) is 13.5. The molecule has 0 atom stereocenters. The third-order valence-corrected chi connectivity index (χ3v) is 6.21. The summed E-state index contributed by atoms with van der Waals surface area (Å²) in [5, 5.41) is 0. The van der Waals surface area contributed by atoms with Crippen LogP contribution < -0.4 is 0 Å². The Balaban J connectivity index is 0.000000423. The summed E-state index contributed by atoms with van der Waals surface area (Å²) in [5.74, 6) is 2.44. The SMILES string of the molecule is C.C.Cc1ccnc(-c2cc(C)nc(-c3cc(C)ccn3)n2)c1.Cc1ccnc(-c2nc(C)nc(-c3cc(C)ccn3)n2)c1.[B].[B]. The van der Waals surface area contributed by atoms with Gasteiger partial charge in [-0.25, -0.2) is 24.9 Å². The molecule has 0 N–H and O–H groups in total. The van der Waals surface area contributed by atoms with Crippen molar-refractivity contribution in [3.63, 3.8) is 0 Å². The van der Waals surface area contributed by atoms with Crippen molar-refractivity contribution in [3.05, 3.63) is 113 Å². The first kappa shape index (κ1) is 38.8. The highest BCUT2D eigenvalue weighted by atomic mass is 15.1. The Kier molecular flexibility index (Phi) is 14.6. The number of hydrogen-bond acceptors (Lipinski definition) is 9. The molecule has 6 aromatic heterocycles. The van der Waals surface area contributed by atoms with E-state index in [1.54, 1.807) is 24.8 Å². The topological polar surface area (TPSA) is 116 Å². The number of aromatic nitrogens is 9. The van der Waals surface area contributed by atoms with Gasteiger partial charge in [0.2, 0.25) is 0 Å². The van der Waals surface area contributed by atoms with E-state index < -0.39 is 0 Å². The third-order valence-electron chi connectivity index (χ3n) is 6.21. The maximum absolute atomic E-state index is 4.62. The minimum atomic E-state index is 0. The van der Waals surface area contributed by atoms with Crippen LogP contribution in [0, 0.1) is 41.5 Å². The molecule has 6 radical (unpaired) electrons. The Bertz CT molecular complexity index is 1620. The fraction of sp³-hybridized carbons (Fsp3) is 0.229. The van der Waals surface area contributed by atoms with Crippen LogP contribution in [-0.2, 0) is 0 Å². The fourth-order valence-corrected chi connectivity index (χ4v) is 4.18. The molecule has 0 fully saturated rings. The summed E-state index contributed by atoms with van der Waals surface area (Å²) >= 11 is 0. The smallest absolute Gasteiger partial charge is 0.182 e. The van der Waals surface area contributed by atoms with Crippen molar-refractivity contribution < 1.29 is 0 Å². The van der Waals surface area contributed by atoms with Crippen LogP contribution in [0.3, 0.4) is 0 Å². The summed E-state index contributed by atoms with van der Waals surface area (Å²) in [6.45, 7) is 11.9. The molecular weight excluding hydrogens is 568 g/mol. The van der Waals surface area contributed by atoms with Gasteiger partial charge in [-0.2, -0.15) is 0 Å². The zero-order valence-corrected chi connectivity index (χ0v) is 25.7. The van der Waals surface area contributed by atoms with Crippen LogP contribution in [0.4, 0.5) is 0 Å². The summed E-state index contributed by atoms with van der Waals surface area (Å²) in [6.07, 6.45) is 7.09. The van der Waals surface area contributed by atoms with Gasteiger partial charge in [0, 0.05) is 47.3 Å². The van der Waals surface area contributed by atoms with E-state index in [-0.39, 0.29) is 31.7 Å². The highest BCUT2D eigenvalue weighted by Crippen LogP contribution is 2.21. The standard InChI is InChI=1S/C17H16N4.C16H15N5.2CH4.2B/c1-11-4-6-18-14(8-11)15-10-13(3)20-17(21-15)16-9-12(2)5-7-19-16;1-10-4-6-17-13(8-10)15-19-12(3)20-16(21-15)14-9-11(2)5-7-18-14;;;;/h4-10H,1-3H3;4-9H,1-3H3;2*1H4;;. The van der Waals surface area contributed by atoms with E-state index in [9.17, 15) is 0 Å². The van der Waals surface area contributed by atoms with Crippen molar-refractivity contribution in [2.45, 2.75) is 56.4 Å². The van der Waals surface area contributed by atoms with E-state index in [0.717, 1.165) is 56.4 Å². The Morgan fingerprint density at radius 2 is 0.717 bits per heavy atom. The second-order valence-corrected chi connectivity index (χ2v) is 10.1. The molecule has 0 unspecified atom stereocenters. The molecule has 11 heteroatoms. The van der Waals surface area contributed by atoms with Gasteiger partial charge in [-0.3, -0.25) is 19.9 Å². The predicted octanol–water partition coefficient (Wildman–Crippen LogP) is 6.96. The van der Waals surface area contributed by atoms with E-state index >= 15 is 0 Å². The molecule has 6 aromatic rings.